The van der Waals surface area contributed by atoms with Crippen LogP contribution in [-0.2, 0) is 16.1 Å². The Morgan fingerprint density at radius 3 is 2.72 bits per heavy atom. The molecule has 0 aliphatic rings. The minimum absolute atomic E-state index is 0.0503. The van der Waals surface area contributed by atoms with Crippen molar-refractivity contribution in [3.05, 3.63) is 18.0 Å². The van der Waals surface area contributed by atoms with Crippen molar-refractivity contribution in [2.45, 2.75) is 19.0 Å². The SMILES string of the molecule is NC(=O)C[C@H](NC(=O)NCc1ccno1)C(=O)O. The summed E-state index contributed by atoms with van der Waals surface area (Å²) in [4.78, 5) is 32.7. The Bertz CT molecular complexity index is 430. The number of carboxylic acid groups (broad SMARTS) is 1. The molecule has 98 valence electrons. The summed E-state index contributed by atoms with van der Waals surface area (Å²) >= 11 is 0. The maximum Gasteiger partial charge on any atom is 0.326 e. The van der Waals surface area contributed by atoms with Gasteiger partial charge in [-0.3, -0.25) is 4.79 Å². The average molecular weight is 256 g/mol. The normalized spacial score (nSPS) is 11.6. The molecule has 0 aromatic carbocycles. The third-order valence-corrected chi connectivity index (χ3v) is 1.92. The first-order valence-corrected chi connectivity index (χ1v) is 4.94. The lowest BCUT2D eigenvalue weighted by Gasteiger charge is -2.12. The molecule has 0 fully saturated rings. The number of primary amides is 1. The molecular weight excluding hydrogens is 244 g/mol. The maximum absolute atomic E-state index is 11.3. The number of carboxylic acids is 1. The number of nitrogens with zero attached hydrogens (tertiary/aromatic N) is 1. The molecule has 1 aromatic rings. The van der Waals surface area contributed by atoms with Crippen LogP contribution in [0.3, 0.4) is 0 Å². The molecule has 1 rings (SSSR count). The summed E-state index contributed by atoms with van der Waals surface area (Å²) in [7, 11) is 0. The van der Waals surface area contributed by atoms with Crippen molar-refractivity contribution in [2.24, 2.45) is 5.73 Å². The van der Waals surface area contributed by atoms with Crippen LogP contribution in [-0.4, -0.2) is 34.2 Å². The van der Waals surface area contributed by atoms with E-state index in [4.69, 9.17) is 15.4 Å². The predicted octanol–water partition coefficient (Wildman–Crippen LogP) is -1.20. The Morgan fingerprint density at radius 1 is 1.50 bits per heavy atom. The van der Waals surface area contributed by atoms with Gasteiger partial charge in [0.15, 0.2) is 5.76 Å². The minimum atomic E-state index is -1.36. The Kier molecular flexibility index (Phi) is 4.67. The summed E-state index contributed by atoms with van der Waals surface area (Å²) < 4.78 is 4.72. The zero-order valence-electron chi connectivity index (χ0n) is 9.25. The van der Waals surface area contributed by atoms with Gasteiger partial charge < -0.3 is 26.0 Å². The molecule has 18 heavy (non-hydrogen) atoms. The third-order valence-electron chi connectivity index (χ3n) is 1.92. The minimum Gasteiger partial charge on any atom is -0.480 e. The van der Waals surface area contributed by atoms with Crippen molar-refractivity contribution >= 4 is 17.9 Å². The number of carbonyl (C=O) groups is 3. The molecule has 0 bridgehead atoms. The second-order valence-electron chi connectivity index (χ2n) is 3.37. The summed E-state index contributed by atoms with van der Waals surface area (Å²) in [6, 6.07) is -0.574. The van der Waals surface area contributed by atoms with Crippen molar-refractivity contribution in [1.82, 2.24) is 15.8 Å². The second kappa shape index (κ2) is 6.23. The van der Waals surface area contributed by atoms with Crippen molar-refractivity contribution in [3.63, 3.8) is 0 Å². The number of nitrogens with one attached hydrogen (secondary N) is 2. The van der Waals surface area contributed by atoms with E-state index < -0.39 is 30.4 Å². The lowest BCUT2D eigenvalue weighted by molar-refractivity contribution is -0.140. The lowest BCUT2D eigenvalue weighted by atomic mass is 10.2. The topological polar surface area (TPSA) is 148 Å². The van der Waals surface area contributed by atoms with Crippen LogP contribution in [0, 0.1) is 0 Å². The van der Waals surface area contributed by atoms with E-state index in [9.17, 15) is 14.4 Å². The van der Waals surface area contributed by atoms with E-state index in [-0.39, 0.29) is 6.54 Å². The average Bonchev–Trinajstić information content (AvgIpc) is 2.77. The summed E-state index contributed by atoms with van der Waals surface area (Å²) in [6.07, 6.45) is 0.924. The molecule has 0 aliphatic heterocycles. The van der Waals surface area contributed by atoms with Gasteiger partial charge in [-0.15, -0.1) is 0 Å². The van der Waals surface area contributed by atoms with Gasteiger partial charge in [0.05, 0.1) is 19.2 Å². The van der Waals surface area contributed by atoms with Crippen molar-refractivity contribution in [3.8, 4) is 0 Å². The third kappa shape index (κ3) is 4.51. The van der Waals surface area contributed by atoms with E-state index in [1.165, 1.54) is 6.20 Å². The van der Waals surface area contributed by atoms with E-state index in [2.05, 4.69) is 15.8 Å². The van der Waals surface area contributed by atoms with E-state index in [1.807, 2.05) is 0 Å². The summed E-state index contributed by atoms with van der Waals surface area (Å²) in [5, 5.41) is 16.6. The highest BCUT2D eigenvalue weighted by Crippen LogP contribution is 1.95. The van der Waals surface area contributed by atoms with Crippen molar-refractivity contribution in [1.29, 1.82) is 0 Å². The van der Waals surface area contributed by atoms with Gasteiger partial charge in [0.25, 0.3) is 0 Å². The highest BCUT2D eigenvalue weighted by molar-refractivity contribution is 5.87. The molecule has 0 radical (unpaired) electrons. The number of carbonyl (C=O) groups excluding carboxylic acids is 2. The van der Waals surface area contributed by atoms with Crippen molar-refractivity contribution in [2.75, 3.05) is 0 Å². The molecule has 1 atom stereocenters. The van der Waals surface area contributed by atoms with Crippen LogP contribution in [0.2, 0.25) is 0 Å². The fraction of sp³-hybridized carbons (Fsp3) is 0.333. The summed E-state index contributed by atoms with van der Waals surface area (Å²) in [5.74, 6) is -1.76. The van der Waals surface area contributed by atoms with Crippen LogP contribution >= 0.6 is 0 Å². The summed E-state index contributed by atoms with van der Waals surface area (Å²) in [5.41, 5.74) is 4.86. The first-order valence-electron chi connectivity index (χ1n) is 4.94. The zero-order valence-corrected chi connectivity index (χ0v) is 9.25. The highest BCUT2D eigenvalue weighted by atomic mass is 16.5. The van der Waals surface area contributed by atoms with Crippen LogP contribution in [0.5, 0.6) is 0 Å². The second-order valence-corrected chi connectivity index (χ2v) is 3.37. The summed E-state index contributed by atoms with van der Waals surface area (Å²) in [6.45, 7) is 0.0503. The smallest absolute Gasteiger partial charge is 0.326 e. The fourth-order valence-corrected chi connectivity index (χ4v) is 1.11. The molecule has 9 nitrogen and oxygen atoms in total. The number of aliphatic carboxylic acids is 1. The van der Waals surface area contributed by atoms with Gasteiger partial charge >= 0.3 is 12.0 Å². The highest BCUT2D eigenvalue weighted by Gasteiger charge is 2.21. The predicted molar refractivity (Wildman–Crippen MR) is 57.1 cm³/mol. The van der Waals surface area contributed by atoms with Gasteiger partial charge in [-0.2, -0.15) is 0 Å². The molecule has 3 amide bonds. The fourth-order valence-electron chi connectivity index (χ4n) is 1.11. The number of amides is 3. The van der Waals surface area contributed by atoms with E-state index >= 15 is 0 Å². The van der Waals surface area contributed by atoms with Gasteiger partial charge in [-0.1, -0.05) is 5.16 Å². The molecule has 0 unspecified atom stereocenters. The number of urea groups is 1. The molecule has 0 saturated heterocycles. The Labute approximate surface area is 101 Å². The number of aromatic nitrogens is 1. The first kappa shape index (κ1) is 13.5. The quantitative estimate of drug-likeness (QED) is 0.502. The van der Waals surface area contributed by atoms with Crippen molar-refractivity contribution < 1.29 is 24.0 Å². The molecule has 9 heteroatoms. The van der Waals surface area contributed by atoms with E-state index in [0.717, 1.165) is 0 Å². The van der Waals surface area contributed by atoms with Crippen LogP contribution in [0.15, 0.2) is 16.8 Å². The van der Waals surface area contributed by atoms with E-state index in [1.54, 1.807) is 6.07 Å². The molecule has 1 aromatic heterocycles. The molecule has 0 saturated carbocycles. The lowest BCUT2D eigenvalue weighted by Crippen LogP contribution is -2.47. The Hall–Kier alpha value is -2.58. The monoisotopic (exact) mass is 256 g/mol. The van der Waals surface area contributed by atoms with Crippen LogP contribution in [0.25, 0.3) is 0 Å². The van der Waals surface area contributed by atoms with Crippen LogP contribution in [0.4, 0.5) is 4.79 Å². The van der Waals surface area contributed by atoms with Gasteiger partial charge in [-0.05, 0) is 0 Å². The van der Waals surface area contributed by atoms with E-state index in [0.29, 0.717) is 5.76 Å². The number of rotatable bonds is 6. The largest absolute Gasteiger partial charge is 0.480 e. The zero-order chi connectivity index (χ0) is 13.5. The molecule has 0 spiro atoms. The molecule has 1 heterocycles. The first-order chi connectivity index (χ1) is 8.49. The van der Waals surface area contributed by atoms with Gasteiger partial charge in [0.1, 0.15) is 6.04 Å². The maximum atomic E-state index is 11.3. The number of nitrogens with two attached hydrogens (primary N) is 1. The Balaban J connectivity index is 2.41. The number of hydrogen-bond acceptors (Lipinski definition) is 5. The number of hydrogen-bond donors (Lipinski definition) is 4. The van der Waals surface area contributed by atoms with Gasteiger partial charge in [0, 0.05) is 6.07 Å². The molecule has 0 aliphatic carbocycles. The Morgan fingerprint density at radius 2 is 2.22 bits per heavy atom. The molecule has 5 N–H and O–H groups in total. The van der Waals surface area contributed by atoms with Gasteiger partial charge in [-0.25, -0.2) is 9.59 Å². The van der Waals surface area contributed by atoms with Crippen LogP contribution < -0.4 is 16.4 Å². The standard InChI is InChI=1S/C9H12N4O5/c10-7(14)3-6(8(15)16)13-9(17)11-4-5-1-2-12-18-5/h1-2,6H,3-4H2,(H2,10,14)(H,15,16)(H2,11,13,17)/t6-/m0/s1. The molecular formula is C9H12N4O5. The van der Waals surface area contributed by atoms with Gasteiger partial charge in [0.2, 0.25) is 5.91 Å². The van der Waals surface area contributed by atoms with Crippen LogP contribution in [0.1, 0.15) is 12.2 Å².